The molecule has 0 bridgehead atoms. The highest BCUT2D eigenvalue weighted by Crippen LogP contribution is 2.18. The summed E-state index contributed by atoms with van der Waals surface area (Å²) in [5.41, 5.74) is 1.69. The van der Waals surface area contributed by atoms with Crippen molar-refractivity contribution in [1.29, 1.82) is 0 Å². The normalized spacial score (nSPS) is 17.2. The maximum atomic E-state index is 10.5. The number of carbonyl (C=O) groups is 1. The molecule has 0 aromatic carbocycles. The Bertz CT molecular complexity index is 224. The molecule has 0 amide bonds. The monoisotopic (exact) mass is 152 g/mol. The Kier molecular flexibility index (Phi) is 2.47. The first kappa shape index (κ1) is 8.05. The zero-order valence-corrected chi connectivity index (χ0v) is 6.63. The van der Waals surface area contributed by atoms with Crippen LogP contribution in [0.15, 0.2) is 23.3 Å². The lowest BCUT2D eigenvalue weighted by Crippen LogP contribution is -2.03. The minimum Gasteiger partial charge on any atom is -0.478 e. The smallest absolute Gasteiger partial charge is 0.331 e. The van der Waals surface area contributed by atoms with E-state index in [-0.39, 0.29) is 0 Å². The van der Waals surface area contributed by atoms with Gasteiger partial charge < -0.3 is 5.11 Å². The predicted octanol–water partition coefficient (Wildman–Crippen LogP) is 2.13. The lowest BCUT2D eigenvalue weighted by Gasteiger charge is -2.08. The fourth-order valence-corrected chi connectivity index (χ4v) is 1.18. The molecular weight excluding hydrogens is 140 g/mol. The first-order chi connectivity index (χ1) is 5.24. The molecule has 0 atom stereocenters. The molecule has 1 N–H and O–H groups in total. The standard InChI is InChI=1S/C9H12O2/c1-2-7-4-3-5-8(6-7)9(10)11/h4,6H,2-3,5H2,1H3,(H,10,11). The molecule has 0 spiro atoms. The molecule has 60 valence electrons. The van der Waals surface area contributed by atoms with Gasteiger partial charge in [-0.25, -0.2) is 4.79 Å². The van der Waals surface area contributed by atoms with Gasteiger partial charge in [0, 0.05) is 5.57 Å². The Labute approximate surface area is 66.2 Å². The van der Waals surface area contributed by atoms with Crippen molar-refractivity contribution in [2.24, 2.45) is 0 Å². The number of hydrogen-bond acceptors (Lipinski definition) is 1. The fraction of sp³-hybridized carbons (Fsp3) is 0.444. The molecule has 0 radical (unpaired) electrons. The molecule has 0 unspecified atom stereocenters. The van der Waals surface area contributed by atoms with Gasteiger partial charge in [-0.3, -0.25) is 0 Å². The van der Waals surface area contributed by atoms with E-state index in [0.29, 0.717) is 12.0 Å². The van der Waals surface area contributed by atoms with E-state index in [9.17, 15) is 4.79 Å². The maximum Gasteiger partial charge on any atom is 0.331 e. The molecule has 0 saturated carbocycles. The quantitative estimate of drug-likeness (QED) is 0.658. The van der Waals surface area contributed by atoms with E-state index in [1.54, 1.807) is 6.08 Å². The SMILES string of the molecule is CCC1=CCCC(C(=O)O)=C1. The third kappa shape index (κ3) is 1.93. The first-order valence-electron chi connectivity index (χ1n) is 3.87. The van der Waals surface area contributed by atoms with E-state index in [2.05, 4.69) is 6.08 Å². The third-order valence-electron chi connectivity index (χ3n) is 1.86. The largest absolute Gasteiger partial charge is 0.478 e. The number of carboxylic acid groups (broad SMARTS) is 1. The molecule has 1 aliphatic carbocycles. The number of allylic oxidation sites excluding steroid dienone is 3. The summed E-state index contributed by atoms with van der Waals surface area (Å²) < 4.78 is 0. The molecule has 0 heterocycles. The molecule has 1 aliphatic rings. The summed E-state index contributed by atoms with van der Waals surface area (Å²) in [7, 11) is 0. The lowest BCUT2D eigenvalue weighted by molar-refractivity contribution is -0.132. The Morgan fingerprint density at radius 1 is 1.73 bits per heavy atom. The van der Waals surface area contributed by atoms with Gasteiger partial charge >= 0.3 is 5.97 Å². The molecule has 1 rings (SSSR count). The Morgan fingerprint density at radius 2 is 2.45 bits per heavy atom. The van der Waals surface area contributed by atoms with Crippen LogP contribution < -0.4 is 0 Å². The van der Waals surface area contributed by atoms with Crippen LogP contribution in [0.3, 0.4) is 0 Å². The molecular formula is C9H12O2. The highest BCUT2D eigenvalue weighted by molar-refractivity contribution is 5.87. The third-order valence-corrected chi connectivity index (χ3v) is 1.86. The highest BCUT2D eigenvalue weighted by atomic mass is 16.4. The molecule has 0 fully saturated rings. The molecule has 0 aromatic rings. The van der Waals surface area contributed by atoms with Crippen LogP contribution in [0.1, 0.15) is 26.2 Å². The highest BCUT2D eigenvalue weighted by Gasteiger charge is 2.09. The summed E-state index contributed by atoms with van der Waals surface area (Å²) in [6, 6.07) is 0. The van der Waals surface area contributed by atoms with Gasteiger partial charge in [0.1, 0.15) is 0 Å². The van der Waals surface area contributed by atoms with E-state index in [1.807, 2.05) is 6.92 Å². The summed E-state index contributed by atoms with van der Waals surface area (Å²) in [6.07, 6.45) is 6.37. The molecule has 2 nitrogen and oxygen atoms in total. The second-order valence-corrected chi connectivity index (χ2v) is 2.65. The maximum absolute atomic E-state index is 10.5. The summed E-state index contributed by atoms with van der Waals surface area (Å²) >= 11 is 0. The van der Waals surface area contributed by atoms with Crippen molar-refractivity contribution in [3.8, 4) is 0 Å². The zero-order chi connectivity index (χ0) is 8.27. The van der Waals surface area contributed by atoms with Crippen LogP contribution in [0.25, 0.3) is 0 Å². The molecule has 0 saturated heterocycles. The van der Waals surface area contributed by atoms with Gasteiger partial charge in [-0.1, -0.05) is 18.6 Å². The number of rotatable bonds is 2. The Balaban J connectivity index is 2.76. The van der Waals surface area contributed by atoms with Crippen molar-refractivity contribution in [2.45, 2.75) is 26.2 Å². The minimum absolute atomic E-state index is 0.546. The second kappa shape index (κ2) is 3.37. The second-order valence-electron chi connectivity index (χ2n) is 2.65. The van der Waals surface area contributed by atoms with Gasteiger partial charge in [0.2, 0.25) is 0 Å². The van der Waals surface area contributed by atoms with Crippen LogP contribution in [-0.2, 0) is 4.79 Å². The van der Waals surface area contributed by atoms with Gasteiger partial charge in [0.15, 0.2) is 0 Å². The van der Waals surface area contributed by atoms with Gasteiger partial charge in [-0.15, -0.1) is 0 Å². The van der Waals surface area contributed by atoms with Gasteiger partial charge in [-0.05, 0) is 25.3 Å². The van der Waals surface area contributed by atoms with Gasteiger partial charge in [0.25, 0.3) is 0 Å². The predicted molar refractivity (Wildman–Crippen MR) is 43.3 cm³/mol. The molecule has 2 heteroatoms. The number of hydrogen-bond donors (Lipinski definition) is 1. The molecule has 0 aliphatic heterocycles. The fourth-order valence-electron chi connectivity index (χ4n) is 1.18. The van der Waals surface area contributed by atoms with Crippen molar-refractivity contribution in [3.05, 3.63) is 23.3 Å². The van der Waals surface area contributed by atoms with Crippen molar-refractivity contribution in [3.63, 3.8) is 0 Å². The summed E-state index contributed by atoms with van der Waals surface area (Å²) in [4.78, 5) is 10.5. The zero-order valence-electron chi connectivity index (χ0n) is 6.63. The van der Waals surface area contributed by atoms with E-state index >= 15 is 0 Å². The van der Waals surface area contributed by atoms with Crippen LogP contribution in [0, 0.1) is 0 Å². The summed E-state index contributed by atoms with van der Waals surface area (Å²) in [5, 5.41) is 8.66. The van der Waals surface area contributed by atoms with Crippen LogP contribution in [0.5, 0.6) is 0 Å². The minimum atomic E-state index is -0.774. The van der Waals surface area contributed by atoms with E-state index in [4.69, 9.17) is 5.11 Å². The Hall–Kier alpha value is -1.05. The van der Waals surface area contributed by atoms with Crippen LogP contribution in [-0.4, -0.2) is 11.1 Å². The summed E-state index contributed by atoms with van der Waals surface area (Å²) in [5.74, 6) is -0.774. The topological polar surface area (TPSA) is 37.3 Å². The van der Waals surface area contributed by atoms with E-state index in [0.717, 1.165) is 18.4 Å². The van der Waals surface area contributed by atoms with Gasteiger partial charge in [-0.2, -0.15) is 0 Å². The van der Waals surface area contributed by atoms with Crippen LogP contribution in [0.4, 0.5) is 0 Å². The Morgan fingerprint density at radius 3 is 3.00 bits per heavy atom. The van der Waals surface area contributed by atoms with Gasteiger partial charge in [0.05, 0.1) is 0 Å². The van der Waals surface area contributed by atoms with E-state index < -0.39 is 5.97 Å². The van der Waals surface area contributed by atoms with Crippen LogP contribution >= 0.6 is 0 Å². The van der Waals surface area contributed by atoms with Crippen LogP contribution in [0.2, 0.25) is 0 Å². The van der Waals surface area contributed by atoms with Crippen molar-refractivity contribution in [1.82, 2.24) is 0 Å². The number of carboxylic acids is 1. The first-order valence-corrected chi connectivity index (χ1v) is 3.87. The van der Waals surface area contributed by atoms with Crippen molar-refractivity contribution < 1.29 is 9.90 Å². The summed E-state index contributed by atoms with van der Waals surface area (Å²) in [6.45, 7) is 2.03. The van der Waals surface area contributed by atoms with Crippen molar-refractivity contribution >= 4 is 5.97 Å². The number of aliphatic carboxylic acids is 1. The average Bonchev–Trinajstić information content (AvgIpc) is 2.05. The van der Waals surface area contributed by atoms with Crippen molar-refractivity contribution in [2.75, 3.05) is 0 Å². The lowest BCUT2D eigenvalue weighted by atomic mass is 9.98. The van der Waals surface area contributed by atoms with E-state index in [1.165, 1.54) is 0 Å². The average molecular weight is 152 g/mol. The molecule has 0 aromatic heterocycles. The molecule has 11 heavy (non-hydrogen) atoms.